The third kappa shape index (κ3) is 4.58. The Balaban J connectivity index is 1.15. The number of nitrogens with one attached hydrogen (secondary N) is 2. The minimum absolute atomic E-state index is 0.131. The second-order valence-electron chi connectivity index (χ2n) is 8.44. The molecule has 3 aromatic heterocycles. The maximum Gasteiger partial charge on any atom is 0.244 e. The molecule has 0 saturated carbocycles. The van der Waals surface area contributed by atoms with Gasteiger partial charge in [-0.1, -0.05) is 42.2 Å². The zero-order valence-electron chi connectivity index (χ0n) is 19.3. The highest BCUT2D eigenvalue weighted by Crippen LogP contribution is 2.41. The molecule has 1 aliphatic rings. The van der Waals surface area contributed by atoms with Crippen LogP contribution in [0.4, 0.5) is 4.39 Å². The molecule has 37 heavy (non-hydrogen) atoms. The fourth-order valence-electron chi connectivity index (χ4n) is 4.36. The van der Waals surface area contributed by atoms with E-state index in [1.807, 2.05) is 11.4 Å². The predicted molar refractivity (Wildman–Crippen MR) is 138 cm³/mol. The van der Waals surface area contributed by atoms with Crippen molar-refractivity contribution in [3.8, 4) is 34.4 Å². The van der Waals surface area contributed by atoms with Crippen LogP contribution < -0.4 is 4.72 Å². The number of hydrogen-bond acceptors (Lipinski definition) is 6. The van der Waals surface area contributed by atoms with Gasteiger partial charge in [-0.2, -0.15) is 14.9 Å². The molecule has 2 aromatic carbocycles. The molecule has 0 radical (unpaired) electrons. The number of H-pyrrole nitrogens is 1. The van der Waals surface area contributed by atoms with Gasteiger partial charge in [0.25, 0.3) is 0 Å². The number of hydrogen-bond donors (Lipinski definition) is 2. The zero-order valence-corrected chi connectivity index (χ0v) is 20.9. The van der Waals surface area contributed by atoms with E-state index in [1.165, 1.54) is 41.4 Å². The summed E-state index contributed by atoms with van der Waals surface area (Å²) in [5, 5.41) is 13.9. The van der Waals surface area contributed by atoms with Crippen molar-refractivity contribution in [1.82, 2.24) is 29.7 Å². The molecule has 11 heteroatoms. The van der Waals surface area contributed by atoms with E-state index in [9.17, 15) is 12.8 Å². The van der Waals surface area contributed by atoms with Crippen LogP contribution >= 0.6 is 11.3 Å². The van der Waals surface area contributed by atoms with Gasteiger partial charge >= 0.3 is 0 Å². The van der Waals surface area contributed by atoms with Crippen molar-refractivity contribution >= 4 is 21.4 Å². The Morgan fingerprint density at radius 2 is 2.08 bits per heavy atom. The Hall–Kier alpha value is -4.11. The van der Waals surface area contributed by atoms with Crippen LogP contribution in [0.2, 0.25) is 0 Å². The summed E-state index contributed by atoms with van der Waals surface area (Å²) in [4.78, 5) is 4.38. The highest BCUT2D eigenvalue weighted by molar-refractivity contribution is 7.89. The molecular formula is C26H19FN6O2S2. The number of aromatic amines is 1. The lowest BCUT2D eigenvalue weighted by Crippen LogP contribution is -2.24. The largest absolute Gasteiger partial charge is 0.277 e. The van der Waals surface area contributed by atoms with Gasteiger partial charge in [0.2, 0.25) is 10.0 Å². The first kappa shape index (κ1) is 23.3. The monoisotopic (exact) mass is 530 g/mol. The lowest BCUT2D eigenvalue weighted by Gasteiger charge is -2.05. The van der Waals surface area contributed by atoms with E-state index in [1.54, 1.807) is 11.0 Å². The number of nitrogens with zero attached hydrogens (tertiary/aromatic N) is 4. The first-order chi connectivity index (χ1) is 18.0. The molecule has 184 valence electrons. The van der Waals surface area contributed by atoms with Crippen LogP contribution in [-0.2, 0) is 23.0 Å². The molecule has 0 bridgehead atoms. The number of rotatable bonds is 6. The molecule has 0 amide bonds. The molecule has 3 heterocycles. The highest BCUT2D eigenvalue weighted by Gasteiger charge is 2.25. The summed E-state index contributed by atoms with van der Waals surface area (Å²) < 4.78 is 42.5. The highest BCUT2D eigenvalue weighted by atomic mass is 32.2. The van der Waals surface area contributed by atoms with Gasteiger partial charge in [0, 0.05) is 28.5 Å². The Bertz CT molecular complexity index is 1780. The third-order valence-electron chi connectivity index (χ3n) is 6.05. The molecule has 0 fully saturated rings. The van der Waals surface area contributed by atoms with Crippen molar-refractivity contribution in [3.63, 3.8) is 0 Å². The molecule has 5 aromatic rings. The normalized spacial score (nSPS) is 12.1. The van der Waals surface area contributed by atoms with E-state index in [4.69, 9.17) is 0 Å². The lowest BCUT2D eigenvalue weighted by atomic mass is 10.1. The molecule has 1 aliphatic carbocycles. The van der Waals surface area contributed by atoms with Gasteiger partial charge in [0.05, 0.1) is 29.4 Å². The van der Waals surface area contributed by atoms with Gasteiger partial charge in [0.15, 0.2) is 0 Å². The van der Waals surface area contributed by atoms with Crippen molar-refractivity contribution in [2.24, 2.45) is 0 Å². The average molecular weight is 531 g/mol. The number of sulfonamides is 1. The smallest absolute Gasteiger partial charge is 0.244 e. The summed E-state index contributed by atoms with van der Waals surface area (Å²) in [6, 6.07) is 13.6. The van der Waals surface area contributed by atoms with Crippen LogP contribution in [0.5, 0.6) is 0 Å². The molecule has 8 nitrogen and oxygen atoms in total. The summed E-state index contributed by atoms with van der Waals surface area (Å²) in [7, 11) is -3.97. The second kappa shape index (κ2) is 9.40. The van der Waals surface area contributed by atoms with Crippen molar-refractivity contribution in [2.45, 2.75) is 17.9 Å². The third-order valence-corrected chi connectivity index (χ3v) is 8.33. The SMILES string of the molecule is O=S(=O)(NCC#Cc1cc(-c2n[nH]c3c2Cc2cc(Cn4cncn4)ccc2-3)cs1)c1ccccc1F. The number of halogens is 1. The minimum atomic E-state index is -3.97. The van der Waals surface area contributed by atoms with E-state index < -0.39 is 20.7 Å². The summed E-state index contributed by atoms with van der Waals surface area (Å²) in [5.41, 5.74) is 7.54. The minimum Gasteiger partial charge on any atom is -0.277 e. The lowest BCUT2D eigenvalue weighted by molar-refractivity contribution is 0.560. The maximum atomic E-state index is 13.8. The number of fused-ring (bicyclic) bond motifs is 3. The average Bonchev–Trinajstić information content (AvgIpc) is 3.67. The summed E-state index contributed by atoms with van der Waals surface area (Å²) in [6.45, 7) is 0.531. The number of benzene rings is 2. The van der Waals surface area contributed by atoms with Crippen molar-refractivity contribution < 1.29 is 12.8 Å². The molecule has 0 spiro atoms. The molecule has 6 rings (SSSR count). The van der Waals surface area contributed by atoms with Crippen molar-refractivity contribution in [1.29, 1.82) is 0 Å². The first-order valence-corrected chi connectivity index (χ1v) is 13.7. The predicted octanol–water partition coefficient (Wildman–Crippen LogP) is 3.82. The van der Waals surface area contributed by atoms with Crippen molar-refractivity contribution in [2.75, 3.05) is 6.54 Å². The molecule has 2 N–H and O–H groups in total. The summed E-state index contributed by atoms with van der Waals surface area (Å²) >= 11 is 1.46. The Labute approximate surface area is 216 Å². The molecule has 0 saturated heterocycles. The van der Waals surface area contributed by atoms with E-state index in [0.717, 1.165) is 51.0 Å². The zero-order chi connectivity index (χ0) is 25.4. The Morgan fingerprint density at radius 1 is 1.19 bits per heavy atom. The Morgan fingerprint density at radius 3 is 2.92 bits per heavy atom. The number of aromatic nitrogens is 5. The van der Waals surface area contributed by atoms with Crippen LogP contribution in [-0.4, -0.2) is 39.9 Å². The summed E-state index contributed by atoms with van der Waals surface area (Å²) in [6.07, 6.45) is 4.00. The van der Waals surface area contributed by atoms with E-state index in [2.05, 4.69) is 55.0 Å². The standard InChI is InChI=1S/C26H19FN6O2S2/c27-23-5-1-2-6-24(23)37(34,35)30-9-3-4-20-11-19(14-36-20)25-22-12-18-10-17(13-33-16-28-15-29-33)7-8-21(18)26(22)32-31-25/h1-2,5-8,10-11,14-16,30H,9,12-13H2,(H,31,32). The molecular weight excluding hydrogens is 511 g/mol. The molecule has 0 aliphatic heterocycles. The fourth-order valence-corrected chi connectivity index (χ4v) is 6.11. The first-order valence-electron chi connectivity index (χ1n) is 11.3. The van der Waals surface area contributed by atoms with Gasteiger partial charge in [-0.05, 0) is 29.3 Å². The molecule has 0 atom stereocenters. The van der Waals surface area contributed by atoms with Crippen LogP contribution in [0, 0.1) is 17.7 Å². The van der Waals surface area contributed by atoms with Crippen molar-refractivity contribution in [3.05, 3.63) is 94.0 Å². The van der Waals surface area contributed by atoms with E-state index >= 15 is 0 Å². The van der Waals surface area contributed by atoms with Crippen LogP contribution in [0.3, 0.4) is 0 Å². The topological polar surface area (TPSA) is 106 Å². The molecule has 0 unspecified atom stereocenters. The van der Waals surface area contributed by atoms with E-state index in [0.29, 0.717) is 6.54 Å². The van der Waals surface area contributed by atoms with Crippen LogP contribution in [0.1, 0.15) is 21.6 Å². The van der Waals surface area contributed by atoms with Gasteiger partial charge in [0.1, 0.15) is 23.4 Å². The summed E-state index contributed by atoms with van der Waals surface area (Å²) in [5.74, 6) is 4.98. The van der Waals surface area contributed by atoms with Crippen LogP contribution in [0.25, 0.3) is 22.5 Å². The van der Waals surface area contributed by atoms with Gasteiger partial charge in [-0.3, -0.25) is 5.10 Å². The Kier molecular flexibility index (Phi) is 5.92. The van der Waals surface area contributed by atoms with Gasteiger partial charge < -0.3 is 0 Å². The fraction of sp³-hybridized carbons (Fsp3) is 0.115. The maximum absolute atomic E-state index is 13.8. The quantitative estimate of drug-likeness (QED) is 0.319. The van der Waals surface area contributed by atoms with Gasteiger partial charge in [-0.15, -0.1) is 11.3 Å². The second-order valence-corrected chi connectivity index (χ2v) is 11.1. The number of thiophene rings is 1. The van der Waals surface area contributed by atoms with E-state index in [-0.39, 0.29) is 6.54 Å². The van der Waals surface area contributed by atoms with Gasteiger partial charge in [-0.25, -0.2) is 22.5 Å². The van der Waals surface area contributed by atoms with Crippen LogP contribution in [0.15, 0.2) is 71.5 Å².